The van der Waals surface area contributed by atoms with E-state index in [2.05, 4.69) is 15.7 Å². The van der Waals surface area contributed by atoms with Crippen molar-refractivity contribution in [3.8, 4) is 11.4 Å². The van der Waals surface area contributed by atoms with Crippen LogP contribution in [-0.2, 0) is 4.79 Å². The number of piperidine rings is 1. The van der Waals surface area contributed by atoms with Crippen molar-refractivity contribution in [3.63, 3.8) is 0 Å². The van der Waals surface area contributed by atoms with Crippen molar-refractivity contribution in [1.29, 1.82) is 0 Å². The molecule has 1 aromatic heterocycles. The number of hydrogen-bond acceptors (Lipinski definition) is 4. The van der Waals surface area contributed by atoms with Crippen LogP contribution in [0.4, 0.5) is 0 Å². The second kappa shape index (κ2) is 6.23. The summed E-state index contributed by atoms with van der Waals surface area (Å²) < 4.78 is 1.48. The monoisotopic (exact) mass is 340 g/mol. The Morgan fingerprint density at radius 2 is 2.00 bits per heavy atom. The van der Waals surface area contributed by atoms with Gasteiger partial charge in [0, 0.05) is 6.42 Å². The van der Waals surface area contributed by atoms with Crippen LogP contribution in [0.1, 0.15) is 36.2 Å². The average molecular weight is 340 g/mol. The van der Waals surface area contributed by atoms with Gasteiger partial charge in [0.15, 0.2) is 11.4 Å². The Kier molecular flexibility index (Phi) is 3.91. The maximum atomic E-state index is 12.6. The van der Waals surface area contributed by atoms with Crippen molar-refractivity contribution in [2.75, 3.05) is 0 Å². The van der Waals surface area contributed by atoms with Gasteiger partial charge in [0.25, 0.3) is 5.91 Å². The molecular formula is C18H20N4O3. The zero-order chi connectivity index (χ0) is 17.4. The number of amides is 2. The summed E-state index contributed by atoms with van der Waals surface area (Å²) in [4.78, 5) is 24.2. The molecule has 2 fully saturated rings. The quantitative estimate of drug-likeness (QED) is 0.783. The van der Waals surface area contributed by atoms with E-state index in [4.69, 9.17) is 0 Å². The van der Waals surface area contributed by atoms with Crippen LogP contribution in [0.25, 0.3) is 5.69 Å². The fraction of sp³-hybridized carbons (Fsp3) is 0.389. The molecule has 2 atom stereocenters. The summed E-state index contributed by atoms with van der Waals surface area (Å²) in [6.07, 6.45) is 4.58. The number of benzene rings is 1. The predicted molar refractivity (Wildman–Crippen MR) is 90.4 cm³/mol. The molecule has 4 rings (SSSR count). The number of nitrogens with zero attached hydrogens (tertiary/aromatic N) is 2. The van der Waals surface area contributed by atoms with Crippen LogP contribution in [-0.4, -0.2) is 38.8 Å². The second-order valence-corrected chi connectivity index (χ2v) is 6.69. The lowest BCUT2D eigenvalue weighted by molar-refractivity contribution is -0.124. The molecule has 0 radical (unpaired) electrons. The van der Waals surface area contributed by atoms with Crippen LogP contribution in [0.2, 0.25) is 0 Å². The summed E-state index contributed by atoms with van der Waals surface area (Å²) >= 11 is 0. The molecule has 1 aliphatic carbocycles. The largest absolute Gasteiger partial charge is 0.504 e. The summed E-state index contributed by atoms with van der Waals surface area (Å²) in [5.74, 6) is -0.105. The molecule has 2 aromatic rings. The fourth-order valence-electron chi connectivity index (χ4n) is 3.36. The van der Waals surface area contributed by atoms with Crippen LogP contribution in [0.5, 0.6) is 5.75 Å². The van der Waals surface area contributed by atoms with Crippen LogP contribution in [0.3, 0.4) is 0 Å². The molecule has 1 saturated heterocycles. The van der Waals surface area contributed by atoms with E-state index < -0.39 is 5.91 Å². The number of aromatic hydroxyl groups is 1. The Bertz CT molecular complexity index is 798. The summed E-state index contributed by atoms with van der Waals surface area (Å²) in [6, 6.07) is 9.14. The number of aromatic nitrogens is 2. The lowest BCUT2D eigenvalue weighted by Crippen LogP contribution is -2.56. The highest BCUT2D eigenvalue weighted by Gasteiger charge is 2.41. The zero-order valence-corrected chi connectivity index (χ0v) is 13.7. The maximum absolute atomic E-state index is 12.6. The molecule has 0 bridgehead atoms. The van der Waals surface area contributed by atoms with Crippen LogP contribution < -0.4 is 10.6 Å². The number of carbonyl (C=O) groups is 2. The van der Waals surface area contributed by atoms with Gasteiger partial charge in [-0.05, 0) is 37.3 Å². The van der Waals surface area contributed by atoms with Gasteiger partial charge in [0.05, 0.1) is 24.0 Å². The van der Waals surface area contributed by atoms with E-state index in [0.717, 1.165) is 18.5 Å². The van der Waals surface area contributed by atoms with Crippen molar-refractivity contribution in [2.24, 2.45) is 5.92 Å². The molecule has 7 heteroatoms. The first-order valence-corrected chi connectivity index (χ1v) is 8.56. The van der Waals surface area contributed by atoms with Crippen molar-refractivity contribution >= 4 is 11.8 Å². The second-order valence-electron chi connectivity index (χ2n) is 6.69. The first kappa shape index (κ1) is 15.7. The third-order valence-corrected chi connectivity index (χ3v) is 4.82. The van der Waals surface area contributed by atoms with Gasteiger partial charge in [0.2, 0.25) is 5.91 Å². The summed E-state index contributed by atoms with van der Waals surface area (Å²) in [6.45, 7) is 0. The first-order chi connectivity index (χ1) is 12.1. The van der Waals surface area contributed by atoms with E-state index >= 15 is 0 Å². The average Bonchev–Trinajstić information content (AvgIpc) is 3.39. The number of para-hydroxylation sites is 1. The zero-order valence-electron chi connectivity index (χ0n) is 13.7. The maximum Gasteiger partial charge on any atom is 0.275 e. The Hall–Kier alpha value is -2.83. The van der Waals surface area contributed by atoms with Gasteiger partial charge in [-0.25, -0.2) is 4.68 Å². The van der Waals surface area contributed by atoms with Crippen molar-refractivity contribution in [1.82, 2.24) is 20.4 Å². The molecule has 2 amide bonds. The number of hydrogen-bond donors (Lipinski definition) is 3. The van der Waals surface area contributed by atoms with Gasteiger partial charge in [-0.2, -0.15) is 5.10 Å². The Morgan fingerprint density at radius 3 is 2.72 bits per heavy atom. The number of nitrogens with one attached hydrogen (secondary N) is 2. The van der Waals surface area contributed by atoms with Crippen molar-refractivity contribution < 1.29 is 14.7 Å². The molecule has 2 heterocycles. The van der Waals surface area contributed by atoms with Gasteiger partial charge >= 0.3 is 0 Å². The normalized spacial score (nSPS) is 23.1. The molecule has 7 nitrogen and oxygen atoms in total. The highest BCUT2D eigenvalue weighted by atomic mass is 16.3. The van der Waals surface area contributed by atoms with Gasteiger partial charge in [-0.15, -0.1) is 0 Å². The van der Waals surface area contributed by atoms with E-state index in [-0.39, 0.29) is 29.4 Å². The van der Waals surface area contributed by atoms with Gasteiger partial charge in [0.1, 0.15) is 0 Å². The molecule has 0 spiro atoms. The smallest absolute Gasteiger partial charge is 0.275 e. The lowest BCUT2D eigenvalue weighted by Gasteiger charge is -2.32. The molecule has 3 N–H and O–H groups in total. The summed E-state index contributed by atoms with van der Waals surface area (Å²) in [5, 5.41) is 20.3. The van der Waals surface area contributed by atoms with Crippen LogP contribution in [0.15, 0.2) is 36.5 Å². The van der Waals surface area contributed by atoms with Gasteiger partial charge < -0.3 is 15.7 Å². The first-order valence-electron chi connectivity index (χ1n) is 8.56. The highest BCUT2D eigenvalue weighted by molar-refractivity contribution is 5.95. The van der Waals surface area contributed by atoms with E-state index in [1.165, 1.54) is 10.9 Å². The molecule has 1 aromatic carbocycles. The van der Waals surface area contributed by atoms with E-state index in [9.17, 15) is 14.7 Å². The molecule has 1 saturated carbocycles. The molecular weight excluding hydrogens is 320 g/mol. The summed E-state index contributed by atoms with van der Waals surface area (Å²) in [5.41, 5.74) is 0.757. The Morgan fingerprint density at radius 1 is 1.24 bits per heavy atom. The lowest BCUT2D eigenvalue weighted by atomic mass is 9.94. The van der Waals surface area contributed by atoms with Crippen LogP contribution >= 0.6 is 0 Å². The SMILES string of the molecule is O=C1CCC(NC(=O)c2nn(-c3ccccc3)cc2O)C(C2CC2)N1. The third-order valence-electron chi connectivity index (χ3n) is 4.82. The highest BCUT2D eigenvalue weighted by Crippen LogP contribution is 2.36. The van der Waals surface area contributed by atoms with Crippen molar-refractivity contribution in [2.45, 2.75) is 37.8 Å². The van der Waals surface area contributed by atoms with Gasteiger partial charge in [-0.1, -0.05) is 18.2 Å². The molecule has 2 aliphatic rings. The van der Waals surface area contributed by atoms with E-state index in [1.54, 1.807) is 0 Å². The van der Waals surface area contributed by atoms with E-state index in [0.29, 0.717) is 18.8 Å². The topological polar surface area (TPSA) is 96.2 Å². The van der Waals surface area contributed by atoms with Crippen LogP contribution in [0, 0.1) is 5.92 Å². The Balaban J connectivity index is 1.51. The van der Waals surface area contributed by atoms with Gasteiger partial charge in [-0.3, -0.25) is 9.59 Å². The minimum atomic E-state index is -0.418. The minimum Gasteiger partial charge on any atom is -0.504 e. The predicted octanol–water partition coefficient (Wildman–Crippen LogP) is 1.36. The fourth-order valence-corrected chi connectivity index (χ4v) is 3.36. The minimum absolute atomic E-state index is 0.00435. The van der Waals surface area contributed by atoms with Crippen molar-refractivity contribution in [3.05, 3.63) is 42.2 Å². The number of rotatable bonds is 4. The third kappa shape index (κ3) is 3.22. The molecule has 2 unspecified atom stereocenters. The summed E-state index contributed by atoms with van der Waals surface area (Å²) in [7, 11) is 0. The molecule has 1 aliphatic heterocycles. The molecule has 130 valence electrons. The number of carbonyl (C=O) groups excluding carboxylic acids is 2. The standard InChI is InChI=1S/C18H20N4O3/c23-14-10-22(12-4-2-1-3-5-12)21-17(14)18(25)19-13-8-9-15(24)20-16(13)11-6-7-11/h1-5,10-11,13,16,23H,6-9H2,(H,19,25)(H,20,24). The Labute approximate surface area is 145 Å². The van der Waals surface area contributed by atoms with E-state index in [1.807, 2.05) is 30.3 Å². The molecule has 25 heavy (non-hydrogen) atoms.